The van der Waals surface area contributed by atoms with Crippen LogP contribution in [0.2, 0.25) is 0 Å². The molecule has 1 aliphatic heterocycles. The molecule has 2 atom stereocenters. The highest BCUT2D eigenvalue weighted by Gasteiger charge is 2.29. The van der Waals surface area contributed by atoms with Crippen LogP contribution < -0.4 is 20.4 Å². The number of hydrogen-bond donors (Lipinski definition) is 3. The number of carbonyl (C=O) groups excluding carboxylic acids is 1. The lowest BCUT2D eigenvalue weighted by Gasteiger charge is -2.33. The summed E-state index contributed by atoms with van der Waals surface area (Å²) < 4.78 is 0. The van der Waals surface area contributed by atoms with Gasteiger partial charge in [0.05, 0.1) is 13.1 Å². The first-order valence-electron chi connectivity index (χ1n) is 10.5. The molecule has 0 bridgehead atoms. The first-order valence-corrected chi connectivity index (χ1v) is 10.5. The zero-order valence-electron chi connectivity index (χ0n) is 18.4. The Morgan fingerprint density at radius 2 is 1.72 bits per heavy atom. The van der Waals surface area contributed by atoms with Crippen molar-refractivity contribution in [1.82, 2.24) is 10.6 Å². The largest absolute Gasteiger partial charge is 0.378 e. The quantitative estimate of drug-likeness (QED) is 0.729. The van der Waals surface area contributed by atoms with E-state index in [4.69, 9.17) is 0 Å². The number of fused-ring (bicyclic) bond motifs is 1. The van der Waals surface area contributed by atoms with Gasteiger partial charge in [0, 0.05) is 42.9 Å². The molecule has 0 fully saturated rings. The van der Waals surface area contributed by atoms with E-state index in [1.807, 2.05) is 20.8 Å². The summed E-state index contributed by atoms with van der Waals surface area (Å²) in [7, 11) is 4.11. The molecule has 0 aromatic heterocycles. The van der Waals surface area contributed by atoms with Crippen molar-refractivity contribution in [1.29, 1.82) is 0 Å². The molecule has 2 aromatic rings. The lowest BCUT2D eigenvalue weighted by atomic mass is 9.96. The van der Waals surface area contributed by atoms with Crippen LogP contribution in [0.3, 0.4) is 0 Å². The van der Waals surface area contributed by atoms with E-state index >= 15 is 0 Å². The summed E-state index contributed by atoms with van der Waals surface area (Å²) in [5, 5.41) is 6.12. The third-order valence-electron chi connectivity index (χ3n) is 5.51. The number of nitrogens with one attached hydrogen (secondary N) is 3. The Balaban J connectivity index is 1.79. The predicted molar refractivity (Wildman–Crippen MR) is 119 cm³/mol. The third kappa shape index (κ3) is 5.73. The number of anilines is 1. The number of hydrogen-bond acceptors (Lipinski definition) is 2. The Morgan fingerprint density at radius 3 is 2.34 bits per heavy atom. The summed E-state index contributed by atoms with van der Waals surface area (Å²) in [6.07, 6.45) is 1.08. The summed E-state index contributed by atoms with van der Waals surface area (Å²) in [6, 6.07) is 17.6. The number of benzene rings is 2. The van der Waals surface area contributed by atoms with E-state index in [2.05, 4.69) is 78.2 Å². The van der Waals surface area contributed by atoms with Gasteiger partial charge in [-0.2, -0.15) is 0 Å². The van der Waals surface area contributed by atoms with Crippen LogP contribution in [-0.4, -0.2) is 38.8 Å². The standard InChI is InChI=1S/C24H34N4O/c1-24(2,3)26-23(29)25-16-22(19-10-12-21(13-11-19)27(4)5)28-15-14-18-8-6-7-9-20(18)17-28/h6-13,22H,14-17H2,1-5H3,(H2,25,26,29)/p+1/t22-/m1/s1. The van der Waals surface area contributed by atoms with Crippen LogP contribution in [0, 0.1) is 0 Å². The van der Waals surface area contributed by atoms with Gasteiger partial charge >= 0.3 is 6.03 Å². The fraction of sp³-hybridized carbons (Fsp3) is 0.458. The Hall–Kier alpha value is -2.53. The van der Waals surface area contributed by atoms with Gasteiger partial charge in [-0.1, -0.05) is 36.4 Å². The maximum absolute atomic E-state index is 12.4. The topological polar surface area (TPSA) is 48.8 Å². The molecule has 0 saturated heterocycles. The molecule has 2 amide bonds. The van der Waals surface area contributed by atoms with E-state index in [1.165, 1.54) is 27.3 Å². The second kappa shape index (κ2) is 8.87. The van der Waals surface area contributed by atoms with Crippen LogP contribution in [0.25, 0.3) is 0 Å². The monoisotopic (exact) mass is 395 g/mol. The maximum Gasteiger partial charge on any atom is 0.315 e. The van der Waals surface area contributed by atoms with Crippen LogP contribution in [0.4, 0.5) is 10.5 Å². The van der Waals surface area contributed by atoms with E-state index in [0.29, 0.717) is 6.54 Å². The highest BCUT2D eigenvalue weighted by atomic mass is 16.2. The third-order valence-corrected chi connectivity index (χ3v) is 5.51. The number of quaternary nitrogens is 1. The molecule has 0 aliphatic carbocycles. The molecular weight excluding hydrogens is 360 g/mol. The highest BCUT2D eigenvalue weighted by Crippen LogP contribution is 2.18. The summed E-state index contributed by atoms with van der Waals surface area (Å²) in [5.41, 5.74) is 5.08. The molecule has 0 saturated carbocycles. The molecule has 1 heterocycles. The van der Waals surface area contributed by atoms with Crippen molar-refractivity contribution >= 4 is 11.7 Å². The maximum atomic E-state index is 12.4. The molecule has 5 heteroatoms. The normalized spacial score (nSPS) is 17.2. The van der Waals surface area contributed by atoms with Gasteiger partial charge in [-0.15, -0.1) is 0 Å². The Morgan fingerprint density at radius 1 is 1.07 bits per heavy atom. The van der Waals surface area contributed by atoms with Crippen molar-refractivity contribution in [2.75, 3.05) is 32.1 Å². The fourth-order valence-electron chi connectivity index (χ4n) is 3.98. The minimum atomic E-state index is -0.246. The van der Waals surface area contributed by atoms with Crippen molar-refractivity contribution in [2.45, 2.75) is 45.3 Å². The molecule has 29 heavy (non-hydrogen) atoms. The molecule has 5 nitrogen and oxygen atoms in total. The van der Waals surface area contributed by atoms with Crippen molar-refractivity contribution in [2.24, 2.45) is 0 Å². The van der Waals surface area contributed by atoms with Crippen LogP contribution in [-0.2, 0) is 13.0 Å². The lowest BCUT2D eigenvalue weighted by Crippen LogP contribution is -3.12. The van der Waals surface area contributed by atoms with Gasteiger partial charge in [0.1, 0.15) is 12.6 Å². The lowest BCUT2D eigenvalue weighted by molar-refractivity contribution is -0.945. The highest BCUT2D eigenvalue weighted by molar-refractivity contribution is 5.74. The molecule has 0 spiro atoms. The number of carbonyl (C=O) groups is 1. The molecule has 0 radical (unpaired) electrons. The zero-order chi connectivity index (χ0) is 21.0. The average molecular weight is 396 g/mol. The van der Waals surface area contributed by atoms with Crippen molar-refractivity contribution in [3.63, 3.8) is 0 Å². The first kappa shape index (κ1) is 21.2. The number of urea groups is 1. The van der Waals surface area contributed by atoms with Gasteiger partial charge < -0.3 is 20.4 Å². The van der Waals surface area contributed by atoms with E-state index < -0.39 is 0 Å². The Bertz CT molecular complexity index is 824. The molecule has 2 aromatic carbocycles. The second-order valence-electron chi connectivity index (χ2n) is 9.23. The van der Waals surface area contributed by atoms with Gasteiger partial charge in [0.2, 0.25) is 0 Å². The summed E-state index contributed by atoms with van der Waals surface area (Å²) in [4.78, 5) is 16.0. The molecule has 3 N–H and O–H groups in total. The average Bonchev–Trinajstić information content (AvgIpc) is 2.67. The van der Waals surface area contributed by atoms with Gasteiger partial charge in [-0.3, -0.25) is 0 Å². The second-order valence-corrected chi connectivity index (χ2v) is 9.23. The first-order chi connectivity index (χ1) is 13.7. The Labute approximate surface area is 175 Å². The SMILES string of the molecule is CN(C)c1ccc([C@@H](CNC(=O)NC(C)(C)C)[NH+]2CCc3ccccc3C2)cc1. The molecule has 156 valence electrons. The Kier molecular flexibility index (Phi) is 6.48. The van der Waals surface area contributed by atoms with Gasteiger partial charge in [0.15, 0.2) is 0 Å². The zero-order valence-corrected chi connectivity index (χ0v) is 18.4. The number of nitrogens with zero attached hydrogens (tertiary/aromatic N) is 1. The van der Waals surface area contributed by atoms with Crippen molar-refractivity contribution in [3.05, 3.63) is 65.2 Å². The van der Waals surface area contributed by atoms with Crippen LogP contribution in [0.5, 0.6) is 0 Å². The van der Waals surface area contributed by atoms with E-state index in [0.717, 1.165) is 19.5 Å². The minimum absolute atomic E-state index is 0.107. The molecule has 1 aliphatic rings. The van der Waals surface area contributed by atoms with Crippen molar-refractivity contribution < 1.29 is 9.69 Å². The molecular formula is C24H35N4O+. The van der Waals surface area contributed by atoms with Crippen LogP contribution in [0.15, 0.2) is 48.5 Å². The van der Waals surface area contributed by atoms with Crippen LogP contribution in [0.1, 0.15) is 43.5 Å². The summed E-state index contributed by atoms with van der Waals surface area (Å²) >= 11 is 0. The van der Waals surface area contributed by atoms with Gasteiger partial charge in [-0.25, -0.2) is 4.79 Å². The smallest absolute Gasteiger partial charge is 0.315 e. The predicted octanol–water partition coefficient (Wildman–Crippen LogP) is 2.53. The molecule has 1 unspecified atom stereocenters. The van der Waals surface area contributed by atoms with Crippen LogP contribution >= 0.6 is 0 Å². The minimum Gasteiger partial charge on any atom is -0.378 e. The number of rotatable bonds is 5. The molecule has 3 rings (SSSR count). The van der Waals surface area contributed by atoms with Gasteiger partial charge in [-0.05, 0) is 38.5 Å². The summed E-state index contributed by atoms with van der Waals surface area (Å²) in [5.74, 6) is 0. The number of amides is 2. The van der Waals surface area contributed by atoms with E-state index in [9.17, 15) is 4.79 Å². The van der Waals surface area contributed by atoms with E-state index in [-0.39, 0.29) is 17.6 Å². The summed E-state index contributed by atoms with van der Waals surface area (Å²) in [6.45, 7) is 8.66. The fourth-order valence-corrected chi connectivity index (χ4v) is 3.98. The van der Waals surface area contributed by atoms with Gasteiger partial charge in [0.25, 0.3) is 0 Å². The van der Waals surface area contributed by atoms with Crippen molar-refractivity contribution in [3.8, 4) is 0 Å². The van der Waals surface area contributed by atoms with E-state index in [1.54, 1.807) is 0 Å².